The Morgan fingerprint density at radius 1 is 0.256 bits per heavy atom. The zero-order chi connectivity index (χ0) is 26.1. The Balaban J connectivity index is 1.40. The monoisotopic (exact) mass is 500 g/mol. The SMILES string of the molecule is c1ccc(-c2ccc(C3(c4ccccc4)OC3(c3ccccc3)c3ccc(-c4ccccc4)cc3)cc2)cc1. The third kappa shape index (κ3) is 3.82. The molecule has 186 valence electrons. The van der Waals surface area contributed by atoms with E-state index in [-0.39, 0.29) is 0 Å². The van der Waals surface area contributed by atoms with Crippen LogP contribution in [0.1, 0.15) is 22.3 Å². The van der Waals surface area contributed by atoms with Crippen molar-refractivity contribution in [2.24, 2.45) is 0 Å². The van der Waals surface area contributed by atoms with Gasteiger partial charge in [0.15, 0.2) is 11.2 Å². The molecule has 0 N–H and O–H groups in total. The zero-order valence-corrected chi connectivity index (χ0v) is 21.6. The molecule has 0 aliphatic carbocycles. The second-order valence-corrected chi connectivity index (χ2v) is 10.1. The summed E-state index contributed by atoms with van der Waals surface area (Å²) in [5.74, 6) is 0. The van der Waals surface area contributed by atoms with Gasteiger partial charge in [-0.2, -0.15) is 0 Å². The minimum Gasteiger partial charge on any atom is -0.342 e. The molecule has 0 amide bonds. The molecule has 0 spiro atoms. The Morgan fingerprint density at radius 3 is 0.846 bits per heavy atom. The van der Waals surface area contributed by atoms with Crippen molar-refractivity contribution < 1.29 is 4.74 Å². The summed E-state index contributed by atoms with van der Waals surface area (Å²) < 4.78 is 7.13. The fraction of sp³-hybridized carbons (Fsp3) is 0.0526. The Hall–Kier alpha value is -4.72. The molecule has 2 atom stereocenters. The highest BCUT2D eigenvalue weighted by Gasteiger charge is 2.73. The van der Waals surface area contributed by atoms with Crippen LogP contribution in [0, 0.1) is 0 Å². The average molecular weight is 501 g/mol. The molecule has 2 unspecified atom stereocenters. The van der Waals surface area contributed by atoms with Gasteiger partial charge in [-0.05, 0) is 44.5 Å². The molecule has 1 heteroatoms. The number of epoxide rings is 1. The number of hydrogen-bond acceptors (Lipinski definition) is 1. The molecule has 1 nitrogen and oxygen atoms in total. The lowest BCUT2D eigenvalue weighted by atomic mass is 9.73. The first-order valence-electron chi connectivity index (χ1n) is 13.4. The largest absolute Gasteiger partial charge is 0.342 e. The van der Waals surface area contributed by atoms with E-state index in [1.807, 2.05) is 0 Å². The van der Waals surface area contributed by atoms with Gasteiger partial charge in [0.25, 0.3) is 0 Å². The van der Waals surface area contributed by atoms with Gasteiger partial charge in [0.05, 0.1) is 0 Å². The highest BCUT2D eigenvalue weighted by atomic mass is 16.6. The Morgan fingerprint density at radius 2 is 0.513 bits per heavy atom. The Bertz CT molecular complexity index is 1550. The van der Waals surface area contributed by atoms with Gasteiger partial charge < -0.3 is 4.74 Å². The van der Waals surface area contributed by atoms with Crippen LogP contribution in [0.4, 0.5) is 0 Å². The molecular formula is C38H28O. The summed E-state index contributed by atoms with van der Waals surface area (Å²) >= 11 is 0. The highest BCUT2D eigenvalue weighted by molar-refractivity contribution is 5.67. The topological polar surface area (TPSA) is 12.5 Å². The van der Waals surface area contributed by atoms with E-state index >= 15 is 0 Å². The Labute approximate surface area is 230 Å². The molecule has 7 rings (SSSR count). The number of rotatable bonds is 6. The Kier molecular flexibility index (Phi) is 5.73. The molecule has 1 fully saturated rings. The summed E-state index contributed by atoms with van der Waals surface area (Å²) in [7, 11) is 0. The van der Waals surface area contributed by atoms with Crippen LogP contribution in [0.25, 0.3) is 22.3 Å². The molecular weight excluding hydrogens is 472 g/mol. The van der Waals surface area contributed by atoms with Gasteiger partial charge in [0, 0.05) is 0 Å². The van der Waals surface area contributed by atoms with E-state index < -0.39 is 11.2 Å². The molecule has 6 aromatic carbocycles. The van der Waals surface area contributed by atoms with Crippen molar-refractivity contribution in [3.8, 4) is 22.3 Å². The van der Waals surface area contributed by atoms with Gasteiger partial charge in [0.1, 0.15) is 0 Å². The molecule has 1 heterocycles. The molecule has 0 saturated carbocycles. The quantitative estimate of drug-likeness (QED) is 0.208. The normalized spacial score (nSPS) is 19.9. The van der Waals surface area contributed by atoms with E-state index in [0.29, 0.717) is 0 Å². The summed E-state index contributed by atoms with van der Waals surface area (Å²) in [6, 6.07) is 60.1. The molecule has 0 aromatic heterocycles. The molecule has 1 saturated heterocycles. The van der Waals surface area contributed by atoms with Crippen LogP contribution < -0.4 is 0 Å². The number of ether oxygens (including phenoxy) is 1. The maximum atomic E-state index is 7.13. The molecule has 6 aromatic rings. The summed E-state index contributed by atoms with van der Waals surface area (Å²) in [5, 5.41) is 0. The van der Waals surface area contributed by atoms with Crippen LogP contribution in [-0.4, -0.2) is 0 Å². The summed E-state index contributed by atoms with van der Waals surface area (Å²) in [6.07, 6.45) is 0. The first-order valence-corrected chi connectivity index (χ1v) is 13.4. The van der Waals surface area contributed by atoms with Gasteiger partial charge in [-0.25, -0.2) is 0 Å². The van der Waals surface area contributed by atoms with Crippen molar-refractivity contribution in [3.63, 3.8) is 0 Å². The van der Waals surface area contributed by atoms with Crippen molar-refractivity contribution in [1.29, 1.82) is 0 Å². The first kappa shape index (κ1) is 23.4. The lowest BCUT2D eigenvalue weighted by molar-refractivity contribution is 0.300. The predicted octanol–water partition coefficient (Wildman–Crippen LogP) is 9.24. The van der Waals surface area contributed by atoms with Gasteiger partial charge in [-0.1, -0.05) is 170 Å². The number of hydrogen-bond donors (Lipinski definition) is 0. The van der Waals surface area contributed by atoms with Crippen LogP contribution >= 0.6 is 0 Å². The second-order valence-electron chi connectivity index (χ2n) is 10.1. The third-order valence-corrected chi connectivity index (χ3v) is 7.92. The smallest absolute Gasteiger partial charge is 0.157 e. The minimum atomic E-state index is -0.654. The highest BCUT2D eigenvalue weighted by Crippen LogP contribution is 2.68. The predicted molar refractivity (Wildman–Crippen MR) is 159 cm³/mol. The van der Waals surface area contributed by atoms with Crippen LogP contribution in [0.2, 0.25) is 0 Å². The minimum absolute atomic E-state index is 0.654. The van der Waals surface area contributed by atoms with Gasteiger partial charge in [-0.15, -0.1) is 0 Å². The standard InChI is InChI=1S/C38H28O/c1-5-13-29(14-6-1)31-21-25-35(26-22-31)37(33-17-9-3-10-18-33)38(39-37,34-19-11-4-12-20-34)36-27-23-32(24-28-36)30-15-7-2-8-16-30/h1-28H. The maximum absolute atomic E-state index is 7.13. The fourth-order valence-electron chi connectivity index (χ4n) is 5.99. The summed E-state index contributed by atoms with van der Waals surface area (Å²) in [4.78, 5) is 0. The van der Waals surface area contributed by atoms with Gasteiger partial charge in [0.2, 0.25) is 0 Å². The van der Waals surface area contributed by atoms with E-state index in [9.17, 15) is 0 Å². The van der Waals surface area contributed by atoms with Crippen LogP contribution in [0.3, 0.4) is 0 Å². The van der Waals surface area contributed by atoms with Gasteiger partial charge >= 0.3 is 0 Å². The lowest BCUT2D eigenvalue weighted by Gasteiger charge is -2.23. The first-order chi connectivity index (χ1) is 19.3. The maximum Gasteiger partial charge on any atom is 0.157 e. The lowest BCUT2D eigenvalue weighted by Crippen LogP contribution is -2.25. The summed E-state index contributed by atoms with van der Waals surface area (Å²) in [5.41, 5.74) is 8.08. The third-order valence-electron chi connectivity index (χ3n) is 7.92. The average Bonchev–Trinajstić information content (AvgIpc) is 3.76. The van der Waals surface area contributed by atoms with Gasteiger partial charge in [-0.3, -0.25) is 0 Å². The van der Waals surface area contributed by atoms with E-state index in [4.69, 9.17) is 4.74 Å². The van der Waals surface area contributed by atoms with Crippen LogP contribution in [0.5, 0.6) is 0 Å². The second kappa shape index (κ2) is 9.54. The van der Waals surface area contributed by atoms with E-state index in [1.165, 1.54) is 22.3 Å². The summed E-state index contributed by atoms with van der Waals surface area (Å²) in [6.45, 7) is 0. The molecule has 0 radical (unpaired) electrons. The number of benzene rings is 6. The molecule has 1 aliphatic heterocycles. The van der Waals surface area contributed by atoms with Crippen LogP contribution in [0.15, 0.2) is 170 Å². The van der Waals surface area contributed by atoms with Crippen molar-refractivity contribution >= 4 is 0 Å². The van der Waals surface area contributed by atoms with Crippen molar-refractivity contribution in [1.82, 2.24) is 0 Å². The van der Waals surface area contributed by atoms with Crippen molar-refractivity contribution in [2.75, 3.05) is 0 Å². The molecule has 1 aliphatic rings. The fourth-order valence-corrected chi connectivity index (χ4v) is 5.99. The van der Waals surface area contributed by atoms with E-state index in [0.717, 1.165) is 22.3 Å². The van der Waals surface area contributed by atoms with Crippen molar-refractivity contribution in [3.05, 3.63) is 192 Å². The van der Waals surface area contributed by atoms with E-state index in [1.54, 1.807) is 0 Å². The zero-order valence-electron chi connectivity index (χ0n) is 21.6. The van der Waals surface area contributed by atoms with Crippen LogP contribution in [-0.2, 0) is 15.9 Å². The van der Waals surface area contributed by atoms with E-state index in [2.05, 4.69) is 170 Å². The molecule has 0 bridgehead atoms. The molecule has 39 heavy (non-hydrogen) atoms. The van der Waals surface area contributed by atoms with Crippen molar-refractivity contribution in [2.45, 2.75) is 11.2 Å².